The van der Waals surface area contributed by atoms with Crippen molar-refractivity contribution >= 4 is 40.1 Å². The first-order chi connectivity index (χ1) is 31.8. The molecule has 15 nitrogen and oxygen atoms in total. The molecule has 66 heavy (non-hydrogen) atoms. The predicted octanol–water partition coefficient (Wildman–Crippen LogP) is 7.87. The number of aliphatic hydroxyl groups excluding tert-OH is 1. The summed E-state index contributed by atoms with van der Waals surface area (Å²) in [6.45, 7) is 9.06. The Bertz CT molecular complexity index is 2950. The summed E-state index contributed by atoms with van der Waals surface area (Å²) in [4.78, 5) is 46.5. The molecule has 340 valence electrons. The van der Waals surface area contributed by atoms with Gasteiger partial charge in [0.25, 0.3) is 0 Å². The molecule has 0 unspecified atom stereocenters. The predicted molar refractivity (Wildman–Crippen MR) is 242 cm³/mol. The summed E-state index contributed by atoms with van der Waals surface area (Å²) in [6.07, 6.45) is 5.44. The number of nitrogens with zero attached hydrogens (tertiary/aromatic N) is 9. The fourth-order valence-electron chi connectivity index (χ4n) is 9.47. The molecule has 18 heteroatoms. The van der Waals surface area contributed by atoms with Crippen molar-refractivity contribution in [2.75, 3.05) is 24.5 Å². The van der Waals surface area contributed by atoms with Gasteiger partial charge in [0.05, 0.1) is 39.4 Å². The molecular formula is C48H48F2N10O5S. The molecule has 1 aliphatic carbocycles. The molecule has 3 fully saturated rings. The van der Waals surface area contributed by atoms with Crippen LogP contribution in [-0.2, 0) is 9.59 Å². The summed E-state index contributed by atoms with van der Waals surface area (Å²) in [5.41, 5.74) is 8.49. The second kappa shape index (κ2) is 17.3. The average Bonchev–Trinajstić information content (AvgIpc) is 3.82. The molecule has 0 bridgehead atoms. The molecule has 0 spiro atoms. The van der Waals surface area contributed by atoms with Crippen LogP contribution in [0.3, 0.4) is 0 Å². The van der Waals surface area contributed by atoms with Crippen molar-refractivity contribution in [1.82, 2.24) is 45.1 Å². The van der Waals surface area contributed by atoms with Crippen LogP contribution >= 0.6 is 11.3 Å². The molecule has 1 saturated carbocycles. The zero-order chi connectivity index (χ0) is 46.0. The van der Waals surface area contributed by atoms with Gasteiger partial charge in [0.1, 0.15) is 34.7 Å². The Morgan fingerprint density at radius 3 is 2.41 bits per heavy atom. The van der Waals surface area contributed by atoms with Gasteiger partial charge in [0, 0.05) is 79.4 Å². The third-order valence-electron chi connectivity index (χ3n) is 13.1. The summed E-state index contributed by atoms with van der Waals surface area (Å²) in [6, 6.07) is 14.2. The lowest BCUT2D eigenvalue weighted by Gasteiger charge is -2.29. The average molecular weight is 915 g/mol. The van der Waals surface area contributed by atoms with E-state index in [0.717, 1.165) is 58.2 Å². The number of benzene rings is 2. The lowest BCUT2D eigenvalue weighted by Crippen LogP contribution is -2.48. The van der Waals surface area contributed by atoms with Crippen molar-refractivity contribution in [1.29, 1.82) is 0 Å². The highest BCUT2D eigenvalue weighted by Crippen LogP contribution is 2.44. The second-order valence-electron chi connectivity index (χ2n) is 18.0. The van der Waals surface area contributed by atoms with E-state index in [9.17, 15) is 28.6 Å². The van der Waals surface area contributed by atoms with Gasteiger partial charge in [-0.3, -0.25) is 9.59 Å². The number of phenols is 1. The number of β-amino-alcohol motifs (C(OH)–C–C–N with tert-alkyl or cyclic N) is 1. The summed E-state index contributed by atoms with van der Waals surface area (Å²) in [5, 5.41) is 37.1. The third-order valence-corrected chi connectivity index (χ3v) is 14.1. The van der Waals surface area contributed by atoms with Gasteiger partial charge in [-0.05, 0) is 68.4 Å². The molecule has 2 amide bonds. The number of carbonyl (C=O) groups is 2. The Morgan fingerprint density at radius 1 is 0.924 bits per heavy atom. The van der Waals surface area contributed by atoms with Crippen molar-refractivity contribution in [3.8, 4) is 38.7 Å². The van der Waals surface area contributed by atoms with Gasteiger partial charge >= 0.3 is 0 Å². The Kier molecular flexibility index (Phi) is 11.3. The van der Waals surface area contributed by atoms with Crippen molar-refractivity contribution in [3.63, 3.8) is 0 Å². The first-order valence-corrected chi connectivity index (χ1v) is 23.1. The summed E-state index contributed by atoms with van der Waals surface area (Å²) >= 11 is 1.58. The number of aromatic nitrogens is 7. The zero-order valence-corrected chi connectivity index (χ0v) is 37.5. The lowest BCUT2D eigenvalue weighted by molar-refractivity contribution is -0.141. The van der Waals surface area contributed by atoms with E-state index < -0.39 is 35.4 Å². The van der Waals surface area contributed by atoms with Crippen LogP contribution in [0.4, 0.5) is 14.7 Å². The number of amides is 2. The zero-order valence-electron chi connectivity index (χ0n) is 36.7. The van der Waals surface area contributed by atoms with E-state index >= 15 is 0 Å². The van der Waals surface area contributed by atoms with Crippen molar-refractivity contribution in [3.05, 3.63) is 107 Å². The highest BCUT2D eigenvalue weighted by molar-refractivity contribution is 7.13. The molecule has 2 aromatic carbocycles. The van der Waals surface area contributed by atoms with Gasteiger partial charge in [0.2, 0.25) is 17.8 Å². The van der Waals surface area contributed by atoms with Gasteiger partial charge < -0.3 is 34.4 Å². The molecule has 0 radical (unpaired) electrons. The molecule has 7 heterocycles. The molecular weight excluding hydrogens is 867 g/mol. The third kappa shape index (κ3) is 8.16. The second-order valence-corrected chi connectivity index (χ2v) is 18.9. The highest BCUT2D eigenvalue weighted by atomic mass is 32.1. The maximum absolute atomic E-state index is 14.3. The van der Waals surface area contributed by atoms with Gasteiger partial charge in [-0.15, -0.1) is 21.5 Å². The van der Waals surface area contributed by atoms with Crippen LogP contribution in [0.25, 0.3) is 44.0 Å². The molecule has 5 aromatic heterocycles. The van der Waals surface area contributed by atoms with E-state index in [1.807, 2.05) is 63.5 Å². The van der Waals surface area contributed by atoms with Crippen LogP contribution in [0.15, 0.2) is 77.0 Å². The number of carbonyl (C=O) groups excluding carboxylic acids is 2. The number of anilines is 1. The maximum Gasteiger partial charge on any atom is 0.243 e. The number of nitrogens with one attached hydrogen (secondary N) is 1. The van der Waals surface area contributed by atoms with Crippen molar-refractivity contribution in [2.45, 2.75) is 89.4 Å². The molecule has 3 N–H and O–H groups in total. The number of aromatic hydroxyl groups is 1. The number of hydrogen-bond donors (Lipinski definition) is 3. The molecule has 7 aromatic rings. The Hall–Kier alpha value is -6.66. The number of hydrogen-bond acceptors (Lipinski definition) is 13. The van der Waals surface area contributed by atoms with Gasteiger partial charge in [-0.1, -0.05) is 43.3 Å². The van der Waals surface area contributed by atoms with E-state index in [1.54, 1.807) is 35.9 Å². The highest BCUT2D eigenvalue weighted by Gasteiger charge is 2.44. The molecule has 2 aliphatic heterocycles. The lowest BCUT2D eigenvalue weighted by atomic mass is 9.91. The van der Waals surface area contributed by atoms with Crippen molar-refractivity contribution in [2.24, 2.45) is 5.92 Å². The largest absolute Gasteiger partial charge is 0.504 e. The number of aliphatic hydroxyl groups is 1. The number of aryl methyl sites for hydroxylation is 1. The van der Waals surface area contributed by atoms with Gasteiger partial charge in [-0.25, -0.2) is 23.7 Å². The molecule has 2 saturated heterocycles. The topological polar surface area (TPSA) is 189 Å². The van der Waals surface area contributed by atoms with E-state index in [0.29, 0.717) is 47.6 Å². The number of fused-ring (bicyclic) bond motifs is 1. The van der Waals surface area contributed by atoms with E-state index in [2.05, 4.69) is 35.1 Å². The van der Waals surface area contributed by atoms with Crippen LogP contribution in [-0.4, -0.2) is 93.6 Å². The summed E-state index contributed by atoms with van der Waals surface area (Å²) < 4.78 is 36.4. The first kappa shape index (κ1) is 43.2. The molecule has 5 atom stereocenters. The van der Waals surface area contributed by atoms with E-state index in [1.165, 1.54) is 4.90 Å². The fourth-order valence-corrected chi connectivity index (χ4v) is 10.3. The number of likely N-dealkylation sites (tertiary alicyclic amines) is 1. The SMILES string of the molecule is Cc1ncsc1-c1ccc([C@H](C)NC(=O)[C@@H]2C[C@@H](O)CN2C(=O)[C@@H](c2cc(-c3cnc(N4CC[C@H](c5cc6nnc(-c7cc(F)cc(F)c7O)cc6n5C5CC5)C4)nc3)no2)C(C)C)cc1. The molecule has 3 aliphatic rings. The van der Waals surface area contributed by atoms with E-state index in [-0.39, 0.29) is 60.0 Å². The monoisotopic (exact) mass is 914 g/mol. The minimum atomic E-state index is -1.06. The number of halogens is 2. The van der Waals surface area contributed by atoms with Crippen LogP contribution in [0.5, 0.6) is 5.75 Å². The van der Waals surface area contributed by atoms with Crippen LogP contribution in [0.1, 0.15) is 93.1 Å². The number of phenolic OH excluding ortho intramolecular Hbond substituents is 1. The normalized spacial score (nSPS) is 19.5. The fraction of sp³-hybridized carbons (Fsp3) is 0.375. The standard InChI is InChI=1S/C48H48F2N10O5S/c1-24(2)43(47(64)59-22-33(61)15-41(59)46(63)54-25(3)27-5-7-28(8-6-27)45-26(4)53-23-66-45)42-18-36(57-65-42)30-19-51-48(52-20-30)58-12-11-29(21-58)39-17-38-40(60(39)32-9-10-32)16-37(55-56-38)34-13-31(49)14-35(50)44(34)62/h5-8,13-14,16-20,23-25,29,32-33,41,43,61-62H,9-12,15,21-22H2,1-4H3,(H,54,63)/t25-,29-,33+,41-,43+/m0/s1. The van der Waals surface area contributed by atoms with Crippen LogP contribution in [0, 0.1) is 24.5 Å². The Balaban J connectivity index is 0.810. The number of thiazole rings is 1. The van der Waals surface area contributed by atoms with Gasteiger partial charge in [-0.2, -0.15) is 0 Å². The minimum absolute atomic E-state index is 0.0210. The molecule has 10 rings (SSSR count). The van der Waals surface area contributed by atoms with Crippen LogP contribution < -0.4 is 10.2 Å². The minimum Gasteiger partial charge on any atom is -0.504 e. The van der Waals surface area contributed by atoms with E-state index in [4.69, 9.17) is 14.5 Å². The summed E-state index contributed by atoms with van der Waals surface area (Å²) in [5.74, 6) is -3.20. The smallest absolute Gasteiger partial charge is 0.243 e. The maximum atomic E-state index is 14.3. The Labute approximate surface area is 382 Å². The number of rotatable bonds is 12. The van der Waals surface area contributed by atoms with Gasteiger partial charge in [0.15, 0.2) is 11.6 Å². The van der Waals surface area contributed by atoms with Crippen molar-refractivity contribution < 1.29 is 33.1 Å². The first-order valence-electron chi connectivity index (χ1n) is 22.2. The van der Waals surface area contributed by atoms with Crippen LogP contribution in [0.2, 0.25) is 0 Å². The summed E-state index contributed by atoms with van der Waals surface area (Å²) in [7, 11) is 0. The quantitative estimate of drug-likeness (QED) is 0.108. The Morgan fingerprint density at radius 2 is 1.70 bits per heavy atom.